The number of aliphatic hydroxyl groups excluding tert-OH is 1. The third-order valence-corrected chi connectivity index (χ3v) is 2.22. The van der Waals surface area contributed by atoms with Crippen molar-refractivity contribution in [3.05, 3.63) is 21.9 Å². The average molecular weight is 255 g/mol. The number of ether oxygens (including phenoxy) is 1. The topological polar surface area (TPSA) is 132 Å². The van der Waals surface area contributed by atoms with E-state index in [-0.39, 0.29) is 18.0 Å². The second kappa shape index (κ2) is 4.41. The van der Waals surface area contributed by atoms with Crippen LogP contribution in [0.2, 0.25) is 0 Å². The largest absolute Gasteiger partial charge is 0.462 e. The summed E-state index contributed by atoms with van der Waals surface area (Å²) in [6, 6.07) is 0. The van der Waals surface area contributed by atoms with E-state index in [1.54, 1.807) is 6.92 Å². The number of hydrogen-bond acceptors (Lipinski definition) is 8. The minimum absolute atomic E-state index is 0.0436. The maximum atomic E-state index is 11.5. The molecule has 96 valence electrons. The van der Waals surface area contributed by atoms with Crippen molar-refractivity contribution in [3.8, 4) is 0 Å². The number of hydrazone groups is 1. The number of hydrogen-bond donors (Lipinski definition) is 2. The number of nitro groups is 1. The summed E-state index contributed by atoms with van der Waals surface area (Å²) in [5, 5.41) is 27.3. The van der Waals surface area contributed by atoms with Crippen molar-refractivity contribution in [3.63, 3.8) is 0 Å². The van der Waals surface area contributed by atoms with Gasteiger partial charge >= 0.3 is 11.8 Å². The number of carbonyl (C=O) groups is 1. The van der Waals surface area contributed by atoms with E-state index in [1.807, 2.05) is 0 Å². The molecular weight excluding hydrogens is 246 g/mol. The summed E-state index contributed by atoms with van der Waals surface area (Å²) in [7, 11) is 0. The summed E-state index contributed by atoms with van der Waals surface area (Å²) in [6.07, 6.45) is -0.512. The maximum absolute atomic E-state index is 11.5. The lowest BCUT2D eigenvalue weighted by atomic mass is 10.3. The van der Waals surface area contributed by atoms with Gasteiger partial charge in [0, 0.05) is 0 Å². The van der Waals surface area contributed by atoms with Crippen molar-refractivity contribution < 1.29 is 19.6 Å². The van der Waals surface area contributed by atoms with Gasteiger partial charge in [-0.2, -0.15) is 10.5 Å². The lowest BCUT2D eigenvalue weighted by Gasteiger charge is -2.14. The molecule has 10 heteroatoms. The fraction of sp³-hybridized carbons (Fsp3) is 0.375. The smallest absolute Gasteiger partial charge is 0.415 e. The molecule has 0 saturated carbocycles. The van der Waals surface area contributed by atoms with Crippen LogP contribution in [0.5, 0.6) is 0 Å². The Bertz CT molecular complexity index is 536. The minimum Gasteiger partial charge on any atom is -0.462 e. The first-order valence-electron chi connectivity index (χ1n) is 4.97. The predicted molar refractivity (Wildman–Crippen MR) is 57.5 cm³/mol. The predicted octanol–water partition coefficient (Wildman–Crippen LogP) is -0.434. The van der Waals surface area contributed by atoms with Gasteiger partial charge < -0.3 is 20.0 Å². The van der Waals surface area contributed by atoms with Gasteiger partial charge in [-0.3, -0.25) is 0 Å². The van der Waals surface area contributed by atoms with E-state index in [0.29, 0.717) is 0 Å². The minimum atomic E-state index is -1.65. The molecule has 0 radical (unpaired) electrons. The first kappa shape index (κ1) is 12.0. The number of esters is 1. The molecule has 0 spiro atoms. The van der Waals surface area contributed by atoms with Gasteiger partial charge in [0.05, 0.1) is 17.9 Å². The highest BCUT2D eigenvalue weighted by molar-refractivity contribution is 5.95. The third-order valence-electron chi connectivity index (χ3n) is 2.22. The van der Waals surface area contributed by atoms with E-state index in [4.69, 9.17) is 4.74 Å². The van der Waals surface area contributed by atoms with Crippen LogP contribution in [0, 0.1) is 10.1 Å². The molecular formula is C8H9N5O5. The Hall–Kier alpha value is -2.49. The van der Waals surface area contributed by atoms with Crippen LogP contribution in [-0.4, -0.2) is 38.2 Å². The van der Waals surface area contributed by atoms with E-state index in [2.05, 4.69) is 15.6 Å². The molecule has 1 aromatic rings. The summed E-state index contributed by atoms with van der Waals surface area (Å²) < 4.78 is 5.65. The van der Waals surface area contributed by atoms with E-state index < -0.39 is 23.0 Å². The summed E-state index contributed by atoms with van der Waals surface area (Å²) in [4.78, 5) is 21.2. The zero-order valence-corrected chi connectivity index (χ0v) is 9.23. The van der Waals surface area contributed by atoms with E-state index in [9.17, 15) is 20.0 Å². The quantitative estimate of drug-likeness (QED) is 0.416. The highest BCUT2D eigenvalue weighted by Gasteiger charge is 2.36. The zero-order valence-electron chi connectivity index (χ0n) is 9.23. The van der Waals surface area contributed by atoms with Crippen molar-refractivity contribution in [1.82, 2.24) is 9.78 Å². The number of amidine groups is 1. The maximum Gasteiger partial charge on any atom is 0.415 e. The van der Waals surface area contributed by atoms with Crippen LogP contribution in [0.1, 0.15) is 23.5 Å². The molecule has 1 aliphatic rings. The molecule has 1 atom stereocenters. The number of aromatic nitrogens is 2. The van der Waals surface area contributed by atoms with Gasteiger partial charge in [0.15, 0.2) is 5.82 Å². The van der Waals surface area contributed by atoms with Crippen LogP contribution in [0.15, 0.2) is 11.3 Å². The first-order valence-corrected chi connectivity index (χ1v) is 4.97. The number of aliphatic hydroxyl groups is 1. The number of rotatable bonds is 2. The van der Waals surface area contributed by atoms with Gasteiger partial charge in [-0.15, -0.1) is 0 Å². The Morgan fingerprint density at radius 2 is 2.50 bits per heavy atom. The summed E-state index contributed by atoms with van der Waals surface area (Å²) in [5.41, 5.74) is 2.34. The standard InChI is InChI=1S/C8H9N5O5/c1-2-18-8(15)4-3-9-12-5(4)10-11-6(7(12)14)13(16)17/h3,7,10,14H,2H2,1H3/t7-/m0/s1. The molecule has 0 aromatic carbocycles. The van der Waals surface area contributed by atoms with Gasteiger partial charge in [-0.1, -0.05) is 0 Å². The molecule has 0 amide bonds. The van der Waals surface area contributed by atoms with Gasteiger partial charge in [0.2, 0.25) is 0 Å². The number of nitrogens with zero attached hydrogens (tertiary/aromatic N) is 4. The van der Waals surface area contributed by atoms with Crippen LogP contribution in [0.4, 0.5) is 5.82 Å². The van der Waals surface area contributed by atoms with Crippen LogP contribution in [0.25, 0.3) is 0 Å². The van der Waals surface area contributed by atoms with E-state index in [1.165, 1.54) is 0 Å². The van der Waals surface area contributed by atoms with Gasteiger partial charge in [0.1, 0.15) is 5.56 Å². The van der Waals surface area contributed by atoms with E-state index in [0.717, 1.165) is 10.9 Å². The first-order chi connectivity index (χ1) is 8.56. The average Bonchev–Trinajstić information content (AvgIpc) is 2.74. The summed E-state index contributed by atoms with van der Waals surface area (Å²) in [5.74, 6) is -1.31. The molecule has 0 fully saturated rings. The molecule has 0 saturated heterocycles. The lowest BCUT2D eigenvalue weighted by Crippen LogP contribution is -2.32. The van der Waals surface area contributed by atoms with Gasteiger partial charge in [-0.05, 0) is 11.8 Å². The fourth-order valence-corrected chi connectivity index (χ4v) is 1.43. The van der Waals surface area contributed by atoms with Crippen LogP contribution in [0.3, 0.4) is 0 Å². The van der Waals surface area contributed by atoms with Crippen molar-refractivity contribution >= 4 is 17.6 Å². The summed E-state index contributed by atoms with van der Waals surface area (Å²) in [6.45, 7) is 1.81. The molecule has 2 heterocycles. The second-order valence-electron chi connectivity index (χ2n) is 3.28. The SMILES string of the molecule is CCOC(=O)c1cnn2c1NN=C([N+](=O)[O-])[C@@H]2O. The van der Waals surface area contributed by atoms with Gasteiger partial charge in [-0.25, -0.2) is 9.48 Å². The van der Waals surface area contributed by atoms with Crippen LogP contribution < -0.4 is 5.43 Å². The zero-order chi connectivity index (χ0) is 13.3. The Morgan fingerprint density at radius 3 is 3.11 bits per heavy atom. The Morgan fingerprint density at radius 1 is 1.78 bits per heavy atom. The fourth-order valence-electron chi connectivity index (χ4n) is 1.43. The van der Waals surface area contributed by atoms with Crippen molar-refractivity contribution in [2.75, 3.05) is 12.0 Å². The Kier molecular flexibility index (Phi) is 2.93. The number of anilines is 1. The highest BCUT2D eigenvalue weighted by atomic mass is 16.6. The lowest BCUT2D eigenvalue weighted by molar-refractivity contribution is -0.362. The Balaban J connectivity index is 2.35. The molecule has 10 nitrogen and oxygen atoms in total. The van der Waals surface area contributed by atoms with Crippen molar-refractivity contribution in [2.45, 2.75) is 13.2 Å². The molecule has 2 N–H and O–H groups in total. The van der Waals surface area contributed by atoms with Crippen molar-refractivity contribution in [2.24, 2.45) is 5.10 Å². The number of fused-ring (bicyclic) bond motifs is 1. The molecule has 18 heavy (non-hydrogen) atoms. The van der Waals surface area contributed by atoms with E-state index >= 15 is 0 Å². The van der Waals surface area contributed by atoms with Crippen LogP contribution in [-0.2, 0) is 4.74 Å². The van der Waals surface area contributed by atoms with Crippen molar-refractivity contribution in [1.29, 1.82) is 0 Å². The molecule has 1 aromatic heterocycles. The highest BCUT2D eigenvalue weighted by Crippen LogP contribution is 2.24. The molecule has 1 aliphatic heterocycles. The monoisotopic (exact) mass is 255 g/mol. The normalized spacial score (nSPS) is 17.4. The Labute approximate surface area is 100.0 Å². The second-order valence-corrected chi connectivity index (χ2v) is 3.28. The third kappa shape index (κ3) is 1.78. The molecule has 2 rings (SSSR count). The molecule has 0 aliphatic carbocycles. The number of carbonyl (C=O) groups excluding carboxylic acids is 1. The van der Waals surface area contributed by atoms with Gasteiger partial charge in [0.25, 0.3) is 6.23 Å². The molecule has 0 unspecified atom stereocenters. The summed E-state index contributed by atoms with van der Waals surface area (Å²) >= 11 is 0. The molecule has 0 bridgehead atoms. The van der Waals surface area contributed by atoms with Crippen LogP contribution >= 0.6 is 0 Å². The number of nitrogens with one attached hydrogen (secondary N) is 1.